The standard InChI is InChI=1S/C98H156N2OS6/c1-11-15-19-23-27-31-35-39-43-45-49-53-57-61-65-69-77-88-91(107-95(77)98(8,9)10)93-94(104-88)92-90(106-93)82-76(68-64-60-56-52-48-44-40-36-32-28-24-20-16-12-2)85-83-84(87(79-72-73-81(103-79)97(5,6)7)99(85)74-66-62-58-54-50-46-41-37-33-29-25-21-17-13-3)96(101)100(86(83)78-70-71-80(102-78)89(82)105-92)75-67-63-59-55-51-47-42-38-34-30-26-22-18-14-4/h70-73H,11-69,74-75H2,1-10H3. The summed E-state index contributed by atoms with van der Waals surface area (Å²) in [5.74, 6) is 0.264. The highest BCUT2D eigenvalue weighted by Gasteiger charge is 2.39. The fourth-order valence-corrected chi connectivity index (χ4v) is 26.4. The van der Waals surface area contributed by atoms with Crippen molar-refractivity contribution in [3.05, 3.63) is 50.7 Å². The Hall–Kier alpha value is -2.53. The number of aryl methyl sites for hydroxylation is 3. The van der Waals surface area contributed by atoms with Gasteiger partial charge in [-0.25, -0.2) is 0 Å². The van der Waals surface area contributed by atoms with Gasteiger partial charge in [0.2, 0.25) is 0 Å². The van der Waals surface area contributed by atoms with Crippen LogP contribution in [0.1, 0.15) is 466 Å². The van der Waals surface area contributed by atoms with E-state index >= 15 is 4.79 Å². The van der Waals surface area contributed by atoms with E-state index in [1.54, 1.807) is 34.8 Å². The molecular weight excluding hydrogens is 1410 g/mol. The van der Waals surface area contributed by atoms with Crippen LogP contribution < -0.4 is 4.90 Å². The van der Waals surface area contributed by atoms with Gasteiger partial charge in [0.1, 0.15) is 0 Å². The average molecular weight is 1570 g/mol. The lowest BCUT2D eigenvalue weighted by Gasteiger charge is -2.21. The van der Waals surface area contributed by atoms with Crippen LogP contribution in [-0.2, 0) is 30.2 Å². The molecule has 0 fully saturated rings. The zero-order chi connectivity index (χ0) is 75.5. The number of nitrogens with zero attached hydrogens (tertiary/aromatic N) is 2. The summed E-state index contributed by atoms with van der Waals surface area (Å²) in [6.45, 7) is 25.7. The molecule has 2 bridgehead atoms. The Morgan fingerprint density at radius 1 is 0.299 bits per heavy atom. The topological polar surface area (TPSA) is 25.2 Å². The van der Waals surface area contributed by atoms with Gasteiger partial charge in [0.05, 0.1) is 64.9 Å². The molecule has 600 valence electrons. The normalized spacial score (nSPS) is 13.0. The first-order chi connectivity index (χ1) is 52.3. The summed E-state index contributed by atoms with van der Waals surface area (Å²) in [4.78, 5) is 23.1. The molecule has 0 aromatic carbocycles. The quantitative estimate of drug-likeness (QED) is 0.0349. The lowest BCUT2D eigenvalue weighted by atomic mass is 9.90. The van der Waals surface area contributed by atoms with Crippen LogP contribution in [-0.4, -0.2) is 17.0 Å². The number of amides is 1. The fraction of sp³-hybridized carbons (Fsp3) is 0.745. The molecule has 9 heteroatoms. The van der Waals surface area contributed by atoms with Crippen molar-refractivity contribution in [2.24, 2.45) is 0 Å². The molecule has 0 radical (unpaired) electrons. The van der Waals surface area contributed by atoms with E-state index in [-0.39, 0.29) is 16.7 Å². The molecule has 3 nitrogen and oxygen atoms in total. The van der Waals surface area contributed by atoms with Crippen LogP contribution in [0.25, 0.3) is 69.2 Å². The fourth-order valence-electron chi connectivity index (χ4n) is 17.9. The zero-order valence-electron chi connectivity index (χ0n) is 70.7. The summed E-state index contributed by atoms with van der Waals surface area (Å²) in [5, 5.41) is 2.81. The third-order valence-corrected chi connectivity index (χ3v) is 33.1. The van der Waals surface area contributed by atoms with E-state index < -0.39 is 0 Å². The highest BCUT2D eigenvalue weighted by atomic mass is 32.1. The number of hydrogen-bond donors (Lipinski definition) is 0. The Morgan fingerprint density at radius 2 is 0.645 bits per heavy atom. The van der Waals surface area contributed by atoms with E-state index in [1.807, 2.05) is 22.7 Å². The molecule has 1 aliphatic heterocycles. The van der Waals surface area contributed by atoms with Gasteiger partial charge in [0.25, 0.3) is 5.91 Å². The molecule has 9 rings (SSSR count). The monoisotopic (exact) mass is 1570 g/mol. The van der Waals surface area contributed by atoms with E-state index in [0.717, 1.165) is 37.9 Å². The van der Waals surface area contributed by atoms with Gasteiger partial charge in [-0.3, -0.25) is 4.79 Å². The van der Waals surface area contributed by atoms with E-state index in [9.17, 15) is 0 Å². The molecule has 8 aromatic heterocycles. The molecule has 0 atom stereocenters. The van der Waals surface area contributed by atoms with Crippen LogP contribution in [0.5, 0.6) is 0 Å². The van der Waals surface area contributed by atoms with E-state index in [4.69, 9.17) is 0 Å². The zero-order valence-corrected chi connectivity index (χ0v) is 75.6. The van der Waals surface area contributed by atoms with Crippen LogP contribution in [0, 0.1) is 0 Å². The second-order valence-corrected chi connectivity index (χ2v) is 42.1. The molecule has 0 spiro atoms. The second kappa shape index (κ2) is 48.6. The van der Waals surface area contributed by atoms with Crippen molar-refractivity contribution >= 4 is 138 Å². The third-order valence-electron chi connectivity index (χ3n) is 24.3. The summed E-state index contributed by atoms with van der Waals surface area (Å²) in [5.41, 5.74) is 8.21. The summed E-state index contributed by atoms with van der Waals surface area (Å²) in [6, 6.07) is 9.80. The van der Waals surface area contributed by atoms with Crippen LogP contribution in [0.3, 0.4) is 0 Å². The van der Waals surface area contributed by atoms with Crippen LogP contribution in [0.4, 0.5) is 5.69 Å². The van der Waals surface area contributed by atoms with Gasteiger partial charge in [0, 0.05) is 38.3 Å². The predicted octanol–water partition coefficient (Wildman–Crippen LogP) is 37.0. The number of rotatable bonds is 62. The van der Waals surface area contributed by atoms with Gasteiger partial charge in [-0.2, -0.15) is 0 Å². The lowest BCUT2D eigenvalue weighted by molar-refractivity contribution is 0.0993. The molecule has 0 N–H and O–H groups in total. The highest BCUT2D eigenvalue weighted by Crippen LogP contribution is 2.58. The SMILES string of the molecule is CCCCCCCCCCCCCCCCCc1c(C(C)(C)C)sc2c1sc1c2sc2c1sc1c3ccc(s3)c3c4c(c(-c5ccc(C(C)(C)C)s5)n(CCCCCCCCCCCCCCCC)c4c(CCCCCCCCCCCCCCCC)c12)C(=O)N3CCCCCCCCCCCCCCCC. The van der Waals surface area contributed by atoms with E-state index in [0.29, 0.717) is 0 Å². The van der Waals surface area contributed by atoms with E-state index in [2.05, 4.69) is 148 Å². The molecule has 107 heavy (non-hydrogen) atoms. The minimum Gasteiger partial charge on any atom is -0.339 e. The largest absolute Gasteiger partial charge is 0.339 e. The average Bonchev–Trinajstić information content (AvgIpc) is 1.53. The predicted molar refractivity (Wildman–Crippen MR) is 493 cm³/mol. The van der Waals surface area contributed by atoms with Crippen LogP contribution in [0.2, 0.25) is 0 Å². The molecule has 9 heterocycles. The first kappa shape index (κ1) is 88.4. The number of carbonyl (C=O) groups is 1. The van der Waals surface area contributed by atoms with Gasteiger partial charge in [0.15, 0.2) is 0 Å². The van der Waals surface area contributed by atoms with Gasteiger partial charge in [-0.05, 0) is 84.7 Å². The number of hydrogen-bond acceptors (Lipinski definition) is 7. The molecular formula is C98H156N2OS6. The highest BCUT2D eigenvalue weighted by molar-refractivity contribution is 7.46. The lowest BCUT2D eigenvalue weighted by Crippen LogP contribution is -2.28. The molecule has 0 saturated carbocycles. The number of carbonyl (C=O) groups excluding carboxylic acids is 1. The maximum Gasteiger partial charge on any atom is 0.261 e. The molecule has 8 aromatic rings. The number of unbranched alkanes of at least 4 members (excludes halogenated alkanes) is 53. The van der Waals surface area contributed by atoms with Crippen molar-refractivity contribution in [2.45, 2.75) is 465 Å². The molecule has 1 aliphatic rings. The number of thiophene rings is 6. The third kappa shape index (κ3) is 26.5. The summed E-state index contributed by atoms with van der Waals surface area (Å²) >= 11 is 12.6. The van der Waals surface area contributed by atoms with Crippen molar-refractivity contribution in [3.8, 4) is 10.6 Å². The van der Waals surface area contributed by atoms with Gasteiger partial charge in [-0.1, -0.05) is 410 Å². The van der Waals surface area contributed by atoms with Crippen molar-refractivity contribution < 1.29 is 4.79 Å². The number of aromatic nitrogens is 1. The maximum atomic E-state index is 16.5. The Balaban J connectivity index is 1.07. The molecule has 0 saturated heterocycles. The Labute approximate surface area is 680 Å². The van der Waals surface area contributed by atoms with Crippen LogP contribution in [0.15, 0.2) is 24.3 Å². The van der Waals surface area contributed by atoms with Gasteiger partial charge < -0.3 is 9.47 Å². The van der Waals surface area contributed by atoms with Crippen LogP contribution >= 0.6 is 68.0 Å². The first-order valence-corrected chi connectivity index (χ1v) is 51.2. The first-order valence-electron chi connectivity index (χ1n) is 46.3. The molecule has 0 aliphatic carbocycles. The van der Waals surface area contributed by atoms with Crippen molar-refractivity contribution in [1.29, 1.82) is 0 Å². The summed E-state index contributed by atoms with van der Waals surface area (Å²) in [7, 11) is 0. The maximum absolute atomic E-state index is 16.5. The smallest absolute Gasteiger partial charge is 0.261 e. The molecule has 0 unspecified atom stereocenters. The Bertz CT molecular complexity index is 3810. The van der Waals surface area contributed by atoms with Gasteiger partial charge in [-0.15, -0.1) is 68.0 Å². The van der Waals surface area contributed by atoms with Crippen molar-refractivity contribution in [1.82, 2.24) is 4.57 Å². The summed E-state index contributed by atoms with van der Waals surface area (Å²) in [6.07, 6.45) is 80.2. The van der Waals surface area contributed by atoms with E-state index in [1.165, 1.54) is 420 Å². The van der Waals surface area contributed by atoms with Gasteiger partial charge >= 0.3 is 0 Å². The van der Waals surface area contributed by atoms with Crippen molar-refractivity contribution in [2.75, 3.05) is 11.4 Å². The molecule has 1 amide bonds. The Kier molecular flexibility index (Phi) is 40.2. The van der Waals surface area contributed by atoms with Crippen molar-refractivity contribution in [3.63, 3.8) is 0 Å². The second-order valence-electron chi connectivity index (χ2n) is 35.8. The minimum atomic E-state index is 0.0128. The number of anilines is 1. The number of fused-ring (bicyclic) bond motifs is 11. The summed E-state index contributed by atoms with van der Waals surface area (Å²) < 4.78 is 16.3. The minimum absolute atomic E-state index is 0.0128. The Morgan fingerprint density at radius 3 is 1.05 bits per heavy atom.